The maximum atomic E-state index is 12.6. The molecule has 114 valence electrons. The lowest BCUT2D eigenvalue weighted by Gasteiger charge is -2.40. The number of hydrogen-bond acceptors (Lipinski definition) is 2. The van der Waals surface area contributed by atoms with Crippen molar-refractivity contribution in [1.82, 2.24) is 10.2 Å². The summed E-state index contributed by atoms with van der Waals surface area (Å²) in [4.78, 5) is 14.7. The molecule has 3 heteroatoms. The van der Waals surface area contributed by atoms with E-state index in [1.807, 2.05) is 6.92 Å². The van der Waals surface area contributed by atoms with Gasteiger partial charge < -0.3 is 4.90 Å². The molecule has 2 aliphatic rings. The molecule has 1 aliphatic heterocycles. The largest absolute Gasteiger partial charge is 0.319 e. The average Bonchev–Trinajstić information content (AvgIpc) is 2.66. The molecule has 3 atom stereocenters. The first-order chi connectivity index (χ1) is 9.99. The first kappa shape index (κ1) is 14.6. The average molecular weight is 286 g/mol. The van der Waals surface area contributed by atoms with E-state index in [-0.39, 0.29) is 18.1 Å². The molecule has 1 saturated heterocycles. The molecule has 0 radical (unpaired) electrons. The second-order valence-corrected chi connectivity index (χ2v) is 6.83. The van der Waals surface area contributed by atoms with Crippen molar-refractivity contribution < 1.29 is 4.79 Å². The van der Waals surface area contributed by atoms with E-state index in [1.54, 1.807) is 0 Å². The summed E-state index contributed by atoms with van der Waals surface area (Å²) < 4.78 is 0. The Balaban J connectivity index is 1.94. The van der Waals surface area contributed by atoms with Gasteiger partial charge in [-0.05, 0) is 57.6 Å². The van der Waals surface area contributed by atoms with Crippen LogP contribution in [0.4, 0.5) is 0 Å². The molecular formula is C18H26N2O. The predicted octanol–water partition coefficient (Wildman–Crippen LogP) is 3.31. The fraction of sp³-hybridized carbons (Fsp3) is 0.611. The van der Waals surface area contributed by atoms with Gasteiger partial charge in [0.15, 0.2) is 0 Å². The molecular weight excluding hydrogens is 260 g/mol. The molecule has 0 bridgehead atoms. The van der Waals surface area contributed by atoms with Gasteiger partial charge in [0, 0.05) is 6.04 Å². The van der Waals surface area contributed by atoms with Crippen LogP contribution in [0.3, 0.4) is 0 Å². The van der Waals surface area contributed by atoms with Crippen molar-refractivity contribution in [2.45, 2.75) is 65.2 Å². The lowest BCUT2D eigenvalue weighted by Crippen LogP contribution is -2.44. The van der Waals surface area contributed by atoms with Gasteiger partial charge in [-0.15, -0.1) is 0 Å². The van der Waals surface area contributed by atoms with Gasteiger partial charge in [0.05, 0.1) is 6.04 Å². The topological polar surface area (TPSA) is 32.3 Å². The highest BCUT2D eigenvalue weighted by Crippen LogP contribution is 2.38. The van der Waals surface area contributed by atoms with E-state index in [1.165, 1.54) is 36.0 Å². The summed E-state index contributed by atoms with van der Waals surface area (Å²) in [5.74, 6) is 0.925. The van der Waals surface area contributed by atoms with E-state index < -0.39 is 0 Å². The highest BCUT2D eigenvalue weighted by molar-refractivity contribution is 5.84. The summed E-state index contributed by atoms with van der Waals surface area (Å²) in [7, 11) is 0. The molecule has 1 saturated carbocycles. The van der Waals surface area contributed by atoms with Crippen molar-refractivity contribution in [3.63, 3.8) is 0 Å². The Hall–Kier alpha value is -1.35. The maximum absolute atomic E-state index is 12.6. The van der Waals surface area contributed by atoms with Crippen molar-refractivity contribution in [3.05, 3.63) is 34.9 Å². The number of aryl methyl sites for hydroxylation is 2. The van der Waals surface area contributed by atoms with Gasteiger partial charge in [-0.3, -0.25) is 10.1 Å². The van der Waals surface area contributed by atoms with Gasteiger partial charge in [-0.1, -0.05) is 30.2 Å². The number of hydrogen-bond donors (Lipinski definition) is 1. The van der Waals surface area contributed by atoms with E-state index in [2.05, 4.69) is 49.2 Å². The summed E-state index contributed by atoms with van der Waals surface area (Å²) in [5, 5.41) is 3.50. The van der Waals surface area contributed by atoms with Crippen LogP contribution in [0.15, 0.2) is 18.2 Å². The standard InChI is InChI=1S/C18H26N2O/c1-11-8-9-12(2)16(10-11)17-19-13(3)18(21)20(17)14(4)15-6-5-7-15/h8-10,13-15,17,19H,5-7H2,1-4H3. The van der Waals surface area contributed by atoms with E-state index in [0.717, 1.165) is 0 Å². The number of carbonyl (C=O) groups is 1. The molecule has 0 spiro atoms. The number of carbonyl (C=O) groups excluding carboxylic acids is 1. The lowest BCUT2D eigenvalue weighted by molar-refractivity contribution is -0.133. The van der Waals surface area contributed by atoms with Gasteiger partial charge >= 0.3 is 0 Å². The van der Waals surface area contributed by atoms with Crippen LogP contribution in [-0.4, -0.2) is 22.9 Å². The first-order valence-corrected chi connectivity index (χ1v) is 8.14. The quantitative estimate of drug-likeness (QED) is 0.924. The summed E-state index contributed by atoms with van der Waals surface area (Å²) in [6, 6.07) is 6.76. The Morgan fingerprint density at radius 2 is 2.00 bits per heavy atom. The van der Waals surface area contributed by atoms with Gasteiger partial charge in [0.25, 0.3) is 0 Å². The summed E-state index contributed by atoms with van der Waals surface area (Å²) in [6.07, 6.45) is 3.87. The molecule has 1 amide bonds. The van der Waals surface area contributed by atoms with E-state index >= 15 is 0 Å². The minimum atomic E-state index is -0.0857. The van der Waals surface area contributed by atoms with Crippen LogP contribution in [-0.2, 0) is 4.79 Å². The van der Waals surface area contributed by atoms with Crippen molar-refractivity contribution in [3.8, 4) is 0 Å². The number of benzene rings is 1. The molecule has 3 rings (SSSR count). The summed E-state index contributed by atoms with van der Waals surface area (Å²) >= 11 is 0. The van der Waals surface area contributed by atoms with Crippen molar-refractivity contribution >= 4 is 5.91 Å². The minimum absolute atomic E-state index is 0.0306. The van der Waals surface area contributed by atoms with E-state index in [4.69, 9.17) is 0 Å². The highest BCUT2D eigenvalue weighted by atomic mass is 16.2. The second kappa shape index (κ2) is 5.45. The van der Waals surface area contributed by atoms with Crippen LogP contribution in [0.5, 0.6) is 0 Å². The van der Waals surface area contributed by atoms with Crippen LogP contribution in [0.25, 0.3) is 0 Å². The van der Waals surface area contributed by atoms with Crippen molar-refractivity contribution in [1.29, 1.82) is 0 Å². The van der Waals surface area contributed by atoms with E-state index in [9.17, 15) is 4.79 Å². The van der Waals surface area contributed by atoms with Crippen LogP contribution in [0.1, 0.15) is 56.0 Å². The summed E-state index contributed by atoms with van der Waals surface area (Å²) in [5.41, 5.74) is 3.75. The molecule has 1 N–H and O–H groups in total. The second-order valence-electron chi connectivity index (χ2n) is 6.83. The first-order valence-electron chi connectivity index (χ1n) is 8.14. The van der Waals surface area contributed by atoms with Gasteiger partial charge in [0.2, 0.25) is 5.91 Å². The third-order valence-corrected chi connectivity index (χ3v) is 5.31. The number of nitrogens with one attached hydrogen (secondary N) is 1. The Morgan fingerprint density at radius 3 is 2.62 bits per heavy atom. The zero-order chi connectivity index (χ0) is 15.1. The Bertz CT molecular complexity index is 550. The number of amides is 1. The Morgan fingerprint density at radius 1 is 1.29 bits per heavy atom. The van der Waals surface area contributed by atoms with Gasteiger partial charge in [-0.2, -0.15) is 0 Å². The fourth-order valence-corrected chi connectivity index (χ4v) is 3.62. The normalized spacial score (nSPS) is 27.8. The highest BCUT2D eigenvalue weighted by Gasteiger charge is 2.43. The SMILES string of the molecule is Cc1ccc(C)c(C2NC(C)C(=O)N2C(C)C2CCC2)c1. The lowest BCUT2D eigenvalue weighted by atomic mass is 9.79. The Labute approximate surface area is 127 Å². The molecule has 21 heavy (non-hydrogen) atoms. The van der Waals surface area contributed by atoms with Crippen molar-refractivity contribution in [2.24, 2.45) is 5.92 Å². The molecule has 2 fully saturated rings. The zero-order valence-electron chi connectivity index (χ0n) is 13.5. The molecule has 3 nitrogen and oxygen atoms in total. The number of nitrogens with zero attached hydrogens (tertiary/aromatic N) is 1. The molecule has 1 heterocycles. The van der Waals surface area contributed by atoms with Crippen LogP contribution < -0.4 is 5.32 Å². The van der Waals surface area contributed by atoms with Gasteiger partial charge in [0.1, 0.15) is 6.17 Å². The third kappa shape index (κ3) is 2.48. The summed E-state index contributed by atoms with van der Waals surface area (Å²) in [6.45, 7) is 8.45. The smallest absolute Gasteiger partial charge is 0.241 e. The van der Waals surface area contributed by atoms with E-state index in [0.29, 0.717) is 12.0 Å². The molecule has 0 aromatic heterocycles. The van der Waals surface area contributed by atoms with Gasteiger partial charge in [-0.25, -0.2) is 0 Å². The fourth-order valence-electron chi connectivity index (χ4n) is 3.62. The monoisotopic (exact) mass is 286 g/mol. The molecule has 3 unspecified atom stereocenters. The van der Waals surface area contributed by atoms with Crippen LogP contribution in [0.2, 0.25) is 0 Å². The van der Waals surface area contributed by atoms with Crippen LogP contribution >= 0.6 is 0 Å². The minimum Gasteiger partial charge on any atom is -0.319 e. The Kier molecular flexibility index (Phi) is 3.78. The number of rotatable bonds is 3. The predicted molar refractivity (Wildman–Crippen MR) is 84.9 cm³/mol. The van der Waals surface area contributed by atoms with Crippen molar-refractivity contribution in [2.75, 3.05) is 0 Å². The molecule has 1 aliphatic carbocycles. The third-order valence-electron chi connectivity index (χ3n) is 5.31. The maximum Gasteiger partial charge on any atom is 0.241 e. The molecule has 1 aromatic rings. The van der Waals surface area contributed by atoms with Crippen LogP contribution in [0, 0.1) is 19.8 Å². The zero-order valence-corrected chi connectivity index (χ0v) is 13.5. The molecule has 1 aromatic carbocycles.